The Hall–Kier alpha value is -1.59. The number of ketones is 1. The first-order chi connectivity index (χ1) is 9.24. The van der Waals surface area contributed by atoms with E-state index in [1.54, 1.807) is 27.7 Å². The third-order valence-corrected chi connectivity index (χ3v) is 2.93. The molecule has 1 saturated heterocycles. The Morgan fingerprint density at radius 3 is 2.50 bits per heavy atom. The largest absolute Gasteiger partial charge is 0.465 e. The van der Waals surface area contributed by atoms with Crippen molar-refractivity contribution in [3.05, 3.63) is 0 Å². The van der Waals surface area contributed by atoms with Crippen LogP contribution in [0.4, 0.5) is 4.79 Å². The Morgan fingerprint density at radius 2 is 1.95 bits per heavy atom. The van der Waals surface area contributed by atoms with Gasteiger partial charge in [-0.05, 0) is 34.1 Å². The van der Waals surface area contributed by atoms with Crippen LogP contribution in [0.1, 0.15) is 40.5 Å². The zero-order valence-electron chi connectivity index (χ0n) is 12.6. The predicted octanol–water partition coefficient (Wildman–Crippen LogP) is 1.77. The summed E-state index contributed by atoms with van der Waals surface area (Å²) in [5.74, 6) is -1.43. The maximum Gasteiger partial charge on any atom is 0.410 e. The molecule has 0 N–H and O–H groups in total. The summed E-state index contributed by atoms with van der Waals surface area (Å²) in [6, 6.07) is 0. The Labute approximate surface area is 119 Å². The van der Waals surface area contributed by atoms with E-state index in [9.17, 15) is 14.4 Å². The van der Waals surface area contributed by atoms with E-state index in [0.29, 0.717) is 6.54 Å². The van der Waals surface area contributed by atoms with Gasteiger partial charge in [0.05, 0.1) is 6.61 Å². The van der Waals surface area contributed by atoms with Gasteiger partial charge in [-0.1, -0.05) is 0 Å². The maximum atomic E-state index is 12.0. The van der Waals surface area contributed by atoms with Gasteiger partial charge in [0.1, 0.15) is 17.3 Å². The molecule has 114 valence electrons. The quantitative estimate of drug-likeness (QED) is 0.571. The zero-order chi connectivity index (χ0) is 15.3. The van der Waals surface area contributed by atoms with Gasteiger partial charge in [0.15, 0.2) is 0 Å². The van der Waals surface area contributed by atoms with Crippen molar-refractivity contribution >= 4 is 17.8 Å². The van der Waals surface area contributed by atoms with Gasteiger partial charge in [-0.25, -0.2) is 4.79 Å². The van der Waals surface area contributed by atoms with Crippen LogP contribution in [-0.2, 0) is 19.1 Å². The highest BCUT2D eigenvalue weighted by molar-refractivity contribution is 5.99. The van der Waals surface area contributed by atoms with Gasteiger partial charge >= 0.3 is 12.1 Å². The smallest absolute Gasteiger partial charge is 0.410 e. The second-order valence-electron chi connectivity index (χ2n) is 5.78. The van der Waals surface area contributed by atoms with Crippen LogP contribution < -0.4 is 0 Å². The van der Waals surface area contributed by atoms with Crippen molar-refractivity contribution in [3.8, 4) is 0 Å². The lowest BCUT2D eigenvalue weighted by Gasteiger charge is -2.26. The van der Waals surface area contributed by atoms with E-state index in [-0.39, 0.29) is 31.8 Å². The molecule has 0 bridgehead atoms. The van der Waals surface area contributed by atoms with Crippen LogP contribution in [0, 0.1) is 5.92 Å². The molecule has 0 radical (unpaired) electrons. The van der Waals surface area contributed by atoms with Crippen LogP contribution in [0.15, 0.2) is 0 Å². The van der Waals surface area contributed by atoms with Gasteiger partial charge in [-0.15, -0.1) is 0 Å². The van der Waals surface area contributed by atoms with E-state index >= 15 is 0 Å². The molecule has 1 atom stereocenters. The zero-order valence-corrected chi connectivity index (χ0v) is 12.6. The van der Waals surface area contributed by atoms with Crippen LogP contribution in [0.5, 0.6) is 0 Å². The average molecular weight is 285 g/mol. The minimum Gasteiger partial charge on any atom is -0.465 e. The SMILES string of the molecule is CCOC(=O)[C@@H]1CCN(C(=O)OC(C)(C)C)CCC1=O. The van der Waals surface area contributed by atoms with Crippen molar-refractivity contribution in [2.45, 2.75) is 46.1 Å². The van der Waals surface area contributed by atoms with E-state index in [4.69, 9.17) is 9.47 Å². The summed E-state index contributed by atoms with van der Waals surface area (Å²) in [5, 5.41) is 0. The van der Waals surface area contributed by atoms with Gasteiger partial charge < -0.3 is 14.4 Å². The number of ether oxygens (including phenoxy) is 2. The molecule has 1 rings (SSSR count). The number of hydrogen-bond donors (Lipinski definition) is 0. The first-order valence-electron chi connectivity index (χ1n) is 6.92. The fourth-order valence-electron chi connectivity index (χ4n) is 1.98. The molecular formula is C14H23NO5. The van der Waals surface area contributed by atoms with E-state index in [1.807, 2.05) is 0 Å². The number of nitrogens with zero attached hydrogens (tertiary/aromatic N) is 1. The lowest BCUT2D eigenvalue weighted by atomic mass is 10.00. The van der Waals surface area contributed by atoms with Gasteiger partial charge in [-0.2, -0.15) is 0 Å². The molecule has 0 aromatic carbocycles. The molecule has 6 heteroatoms. The molecule has 1 aliphatic rings. The van der Waals surface area contributed by atoms with Crippen molar-refractivity contribution in [2.24, 2.45) is 5.92 Å². The Balaban J connectivity index is 2.64. The van der Waals surface area contributed by atoms with E-state index in [0.717, 1.165) is 0 Å². The first kappa shape index (κ1) is 16.5. The highest BCUT2D eigenvalue weighted by Gasteiger charge is 2.33. The molecule has 20 heavy (non-hydrogen) atoms. The van der Waals surface area contributed by atoms with Crippen molar-refractivity contribution < 1.29 is 23.9 Å². The summed E-state index contributed by atoms with van der Waals surface area (Å²) >= 11 is 0. The summed E-state index contributed by atoms with van der Waals surface area (Å²) in [6.45, 7) is 7.91. The lowest BCUT2D eigenvalue weighted by Crippen LogP contribution is -2.37. The topological polar surface area (TPSA) is 72.9 Å². The second-order valence-corrected chi connectivity index (χ2v) is 5.78. The monoisotopic (exact) mass is 285 g/mol. The summed E-state index contributed by atoms with van der Waals surface area (Å²) in [4.78, 5) is 37.0. The molecule has 0 aromatic rings. The Bertz CT molecular complexity index is 386. The molecule has 0 aromatic heterocycles. The summed E-state index contributed by atoms with van der Waals surface area (Å²) in [7, 11) is 0. The minimum absolute atomic E-state index is 0.155. The molecule has 1 heterocycles. The molecule has 6 nitrogen and oxygen atoms in total. The van der Waals surface area contributed by atoms with Crippen molar-refractivity contribution in [3.63, 3.8) is 0 Å². The van der Waals surface area contributed by atoms with Crippen LogP contribution in [-0.4, -0.2) is 48.0 Å². The molecule has 0 saturated carbocycles. The standard InChI is InChI=1S/C14H23NO5/c1-5-19-12(17)10-6-8-15(9-7-11(10)16)13(18)20-14(2,3)4/h10H,5-9H2,1-4H3/t10-/m1/s1. The second kappa shape index (κ2) is 6.72. The molecule has 0 aliphatic carbocycles. The molecular weight excluding hydrogens is 262 g/mol. The van der Waals surface area contributed by atoms with Gasteiger partial charge in [-0.3, -0.25) is 9.59 Å². The summed E-state index contributed by atoms with van der Waals surface area (Å²) in [6.07, 6.45) is -0.00517. The van der Waals surface area contributed by atoms with E-state index in [2.05, 4.69) is 0 Å². The fourth-order valence-corrected chi connectivity index (χ4v) is 1.98. The number of likely N-dealkylation sites (tertiary alicyclic amines) is 1. The molecule has 1 amide bonds. The van der Waals surface area contributed by atoms with Crippen molar-refractivity contribution in [1.82, 2.24) is 4.90 Å². The number of carbonyl (C=O) groups excluding carboxylic acids is 3. The Morgan fingerprint density at radius 1 is 1.30 bits per heavy atom. The molecule has 0 spiro atoms. The van der Waals surface area contributed by atoms with Gasteiger partial charge in [0.25, 0.3) is 0 Å². The number of carbonyl (C=O) groups is 3. The van der Waals surface area contributed by atoms with Crippen LogP contribution in [0.2, 0.25) is 0 Å². The number of rotatable bonds is 2. The van der Waals surface area contributed by atoms with Gasteiger partial charge in [0.2, 0.25) is 0 Å². The van der Waals surface area contributed by atoms with E-state index in [1.165, 1.54) is 4.90 Å². The van der Waals surface area contributed by atoms with Crippen LogP contribution in [0.25, 0.3) is 0 Å². The van der Waals surface area contributed by atoms with Gasteiger partial charge in [0, 0.05) is 19.5 Å². The highest BCUT2D eigenvalue weighted by Crippen LogP contribution is 2.18. The highest BCUT2D eigenvalue weighted by atomic mass is 16.6. The molecule has 1 aliphatic heterocycles. The lowest BCUT2D eigenvalue weighted by molar-refractivity contribution is -0.151. The van der Waals surface area contributed by atoms with Crippen molar-refractivity contribution in [1.29, 1.82) is 0 Å². The third kappa shape index (κ3) is 4.83. The Kier molecular flexibility index (Phi) is 5.53. The molecule has 1 fully saturated rings. The number of esters is 1. The first-order valence-corrected chi connectivity index (χ1v) is 6.92. The summed E-state index contributed by atoms with van der Waals surface area (Å²) in [5.41, 5.74) is -0.575. The third-order valence-electron chi connectivity index (χ3n) is 2.93. The fraction of sp³-hybridized carbons (Fsp3) is 0.786. The number of Topliss-reactive ketones (excluding diaryl/α,β-unsaturated/α-hetero) is 1. The number of hydrogen-bond acceptors (Lipinski definition) is 5. The van der Waals surface area contributed by atoms with Crippen LogP contribution >= 0.6 is 0 Å². The predicted molar refractivity (Wildman–Crippen MR) is 72.2 cm³/mol. The average Bonchev–Trinajstić information content (AvgIpc) is 2.49. The maximum absolute atomic E-state index is 12.0. The van der Waals surface area contributed by atoms with Crippen LogP contribution in [0.3, 0.4) is 0 Å². The number of amides is 1. The summed E-state index contributed by atoms with van der Waals surface area (Å²) < 4.78 is 10.2. The van der Waals surface area contributed by atoms with E-state index < -0.39 is 23.6 Å². The normalized spacial score (nSPS) is 20.3. The minimum atomic E-state index is -0.762. The van der Waals surface area contributed by atoms with Crippen molar-refractivity contribution in [2.75, 3.05) is 19.7 Å². The molecule has 0 unspecified atom stereocenters.